The molecule has 124 valence electrons. The normalized spacial score (nSPS) is 11.1. The highest BCUT2D eigenvalue weighted by Gasteiger charge is 2.17. The highest BCUT2D eigenvalue weighted by molar-refractivity contribution is 8.01. The number of rotatable bonds is 6. The van der Waals surface area contributed by atoms with Gasteiger partial charge in [0.05, 0.1) is 12.9 Å². The lowest BCUT2D eigenvalue weighted by Crippen LogP contribution is -2.24. The van der Waals surface area contributed by atoms with Gasteiger partial charge in [-0.25, -0.2) is 0 Å². The molecule has 2 aromatic rings. The van der Waals surface area contributed by atoms with Crippen molar-refractivity contribution < 1.29 is 14.3 Å². The van der Waals surface area contributed by atoms with E-state index in [0.29, 0.717) is 9.47 Å². The minimum absolute atomic E-state index is 0.213. The summed E-state index contributed by atoms with van der Waals surface area (Å²) in [6, 6.07) is 7.54. The zero-order valence-electron chi connectivity index (χ0n) is 13.5. The number of hydrogen-bond donors (Lipinski definition) is 1. The lowest BCUT2D eigenvalue weighted by molar-refractivity contribution is -0.151. The Morgan fingerprint density at radius 1 is 1.35 bits per heavy atom. The van der Waals surface area contributed by atoms with Gasteiger partial charge >= 0.3 is 5.97 Å². The number of benzene rings is 1. The fourth-order valence-corrected chi connectivity index (χ4v) is 3.18. The van der Waals surface area contributed by atoms with Crippen molar-refractivity contribution in [3.8, 4) is 5.75 Å². The summed E-state index contributed by atoms with van der Waals surface area (Å²) in [7, 11) is 1.62. The van der Waals surface area contributed by atoms with Crippen LogP contribution < -0.4 is 10.1 Å². The van der Waals surface area contributed by atoms with E-state index in [1.54, 1.807) is 7.11 Å². The molecule has 0 bridgehead atoms. The maximum absolute atomic E-state index is 11.7. The van der Waals surface area contributed by atoms with Crippen LogP contribution in [0.1, 0.15) is 20.8 Å². The lowest BCUT2D eigenvalue weighted by atomic mass is 10.2. The van der Waals surface area contributed by atoms with Crippen LogP contribution in [0.15, 0.2) is 28.6 Å². The van der Waals surface area contributed by atoms with Gasteiger partial charge in [0.25, 0.3) is 0 Å². The highest BCUT2D eigenvalue weighted by Crippen LogP contribution is 2.29. The summed E-state index contributed by atoms with van der Waals surface area (Å²) < 4.78 is 11.1. The van der Waals surface area contributed by atoms with Crippen molar-refractivity contribution in [1.82, 2.24) is 10.2 Å². The van der Waals surface area contributed by atoms with Crippen LogP contribution in [0.2, 0.25) is 0 Å². The predicted octanol–water partition coefficient (Wildman–Crippen LogP) is 3.72. The molecule has 0 radical (unpaired) electrons. The second kappa shape index (κ2) is 7.65. The van der Waals surface area contributed by atoms with Gasteiger partial charge in [-0.05, 0) is 32.9 Å². The van der Waals surface area contributed by atoms with E-state index in [1.807, 2.05) is 45.0 Å². The number of aromatic nitrogens is 2. The van der Waals surface area contributed by atoms with Crippen molar-refractivity contribution in [2.45, 2.75) is 30.7 Å². The molecule has 0 unspecified atom stereocenters. The Bertz CT molecular complexity index is 668. The Morgan fingerprint density at radius 3 is 2.83 bits per heavy atom. The van der Waals surface area contributed by atoms with Gasteiger partial charge in [-0.3, -0.25) is 4.79 Å². The topological polar surface area (TPSA) is 73.3 Å². The van der Waals surface area contributed by atoms with E-state index in [0.717, 1.165) is 11.4 Å². The molecular formula is C15H19N3O3S2. The van der Waals surface area contributed by atoms with E-state index in [4.69, 9.17) is 9.47 Å². The average molecular weight is 353 g/mol. The summed E-state index contributed by atoms with van der Waals surface area (Å²) in [6.07, 6.45) is 0. The monoisotopic (exact) mass is 353 g/mol. The second-order valence-electron chi connectivity index (χ2n) is 5.61. The fraction of sp³-hybridized carbons (Fsp3) is 0.400. The van der Waals surface area contributed by atoms with E-state index in [1.165, 1.54) is 23.1 Å². The first-order chi connectivity index (χ1) is 10.9. The van der Waals surface area contributed by atoms with Crippen LogP contribution in [-0.4, -0.2) is 34.6 Å². The molecular weight excluding hydrogens is 334 g/mol. The molecule has 0 atom stereocenters. The number of carbonyl (C=O) groups is 1. The summed E-state index contributed by atoms with van der Waals surface area (Å²) in [6.45, 7) is 5.53. The Labute approximate surface area is 143 Å². The predicted molar refractivity (Wildman–Crippen MR) is 92.8 cm³/mol. The minimum Gasteiger partial charge on any atom is -0.497 e. The Kier molecular flexibility index (Phi) is 5.84. The molecule has 23 heavy (non-hydrogen) atoms. The number of carbonyl (C=O) groups excluding carboxylic acids is 1. The zero-order chi connectivity index (χ0) is 16.9. The van der Waals surface area contributed by atoms with Crippen molar-refractivity contribution in [3.05, 3.63) is 24.3 Å². The molecule has 1 N–H and O–H groups in total. The molecule has 0 amide bonds. The molecule has 0 saturated carbocycles. The number of esters is 1. The maximum Gasteiger partial charge on any atom is 0.316 e. The van der Waals surface area contributed by atoms with Gasteiger partial charge in [0.2, 0.25) is 5.13 Å². The molecule has 0 saturated heterocycles. The van der Waals surface area contributed by atoms with Crippen LogP contribution in [0, 0.1) is 0 Å². The Hall–Kier alpha value is -1.80. The van der Waals surface area contributed by atoms with Crippen molar-refractivity contribution >= 4 is 39.9 Å². The van der Waals surface area contributed by atoms with Gasteiger partial charge in [0.1, 0.15) is 11.4 Å². The minimum atomic E-state index is -0.474. The number of methoxy groups -OCH3 is 1. The Balaban J connectivity index is 1.89. The standard InChI is InChI=1S/C15H19N3O3S2/c1-15(2,3)21-12(19)9-22-14-18-17-13(23-14)16-10-6-5-7-11(8-10)20-4/h5-8H,9H2,1-4H3,(H,16,17). The van der Waals surface area contributed by atoms with Crippen LogP contribution >= 0.6 is 23.1 Å². The second-order valence-corrected chi connectivity index (χ2v) is 7.81. The van der Waals surface area contributed by atoms with E-state index in [-0.39, 0.29) is 11.7 Å². The third-order valence-electron chi connectivity index (χ3n) is 2.46. The number of thioether (sulfide) groups is 1. The molecule has 0 aliphatic carbocycles. The molecule has 0 spiro atoms. The smallest absolute Gasteiger partial charge is 0.316 e. The first-order valence-electron chi connectivity index (χ1n) is 6.95. The van der Waals surface area contributed by atoms with Gasteiger partial charge in [-0.2, -0.15) is 0 Å². The number of hydrogen-bond acceptors (Lipinski definition) is 8. The van der Waals surface area contributed by atoms with E-state index >= 15 is 0 Å². The quantitative estimate of drug-likeness (QED) is 0.626. The van der Waals surface area contributed by atoms with E-state index in [9.17, 15) is 4.79 Å². The fourth-order valence-electron chi connectivity index (χ4n) is 1.63. The van der Waals surface area contributed by atoms with Gasteiger partial charge in [0, 0.05) is 11.8 Å². The van der Waals surface area contributed by atoms with Crippen molar-refractivity contribution in [2.24, 2.45) is 0 Å². The van der Waals surface area contributed by atoms with Gasteiger partial charge in [0.15, 0.2) is 4.34 Å². The molecule has 0 aliphatic rings. The SMILES string of the molecule is COc1cccc(Nc2nnc(SCC(=O)OC(C)(C)C)s2)c1. The third-order valence-corrected chi connectivity index (χ3v) is 4.41. The molecule has 0 aliphatic heterocycles. The highest BCUT2D eigenvalue weighted by atomic mass is 32.2. The summed E-state index contributed by atoms with van der Waals surface area (Å²) in [4.78, 5) is 11.7. The first-order valence-corrected chi connectivity index (χ1v) is 8.75. The molecule has 0 fully saturated rings. The van der Waals surface area contributed by atoms with E-state index < -0.39 is 5.60 Å². The van der Waals surface area contributed by atoms with Gasteiger partial charge in [-0.1, -0.05) is 29.2 Å². The zero-order valence-corrected chi connectivity index (χ0v) is 15.1. The molecule has 8 heteroatoms. The van der Waals surface area contributed by atoms with Crippen LogP contribution in [0.4, 0.5) is 10.8 Å². The number of nitrogens with zero attached hydrogens (tertiary/aromatic N) is 2. The first kappa shape index (κ1) is 17.6. The van der Waals surface area contributed by atoms with Crippen LogP contribution in [-0.2, 0) is 9.53 Å². The van der Waals surface area contributed by atoms with Crippen LogP contribution in [0.3, 0.4) is 0 Å². The van der Waals surface area contributed by atoms with E-state index in [2.05, 4.69) is 15.5 Å². The molecule has 1 aromatic heterocycles. The summed E-state index contributed by atoms with van der Waals surface area (Å²) in [5, 5.41) is 11.9. The van der Waals surface area contributed by atoms with Crippen LogP contribution in [0.25, 0.3) is 0 Å². The summed E-state index contributed by atoms with van der Waals surface area (Å²) >= 11 is 2.70. The summed E-state index contributed by atoms with van der Waals surface area (Å²) in [5.74, 6) is 0.712. The lowest BCUT2D eigenvalue weighted by Gasteiger charge is -2.18. The average Bonchev–Trinajstić information content (AvgIpc) is 2.91. The number of nitrogens with one attached hydrogen (secondary N) is 1. The maximum atomic E-state index is 11.7. The van der Waals surface area contributed by atoms with Gasteiger partial charge < -0.3 is 14.8 Å². The molecule has 1 heterocycles. The van der Waals surface area contributed by atoms with Crippen LogP contribution in [0.5, 0.6) is 5.75 Å². The molecule has 2 rings (SSSR count). The summed E-state index contributed by atoms with van der Waals surface area (Å²) in [5.41, 5.74) is 0.391. The number of ether oxygens (including phenoxy) is 2. The van der Waals surface area contributed by atoms with Crippen molar-refractivity contribution in [3.63, 3.8) is 0 Å². The van der Waals surface area contributed by atoms with Crippen molar-refractivity contribution in [1.29, 1.82) is 0 Å². The molecule has 6 nitrogen and oxygen atoms in total. The molecule has 1 aromatic carbocycles. The Morgan fingerprint density at radius 2 is 2.13 bits per heavy atom. The van der Waals surface area contributed by atoms with Crippen molar-refractivity contribution in [2.75, 3.05) is 18.2 Å². The largest absolute Gasteiger partial charge is 0.497 e. The third kappa shape index (κ3) is 6.07. The number of anilines is 2. The van der Waals surface area contributed by atoms with Gasteiger partial charge in [-0.15, -0.1) is 10.2 Å².